The lowest BCUT2D eigenvalue weighted by Gasteiger charge is -2.22. The highest BCUT2D eigenvalue weighted by molar-refractivity contribution is 5.46. The molecule has 0 bridgehead atoms. The Kier molecular flexibility index (Phi) is 3.04. The van der Waals surface area contributed by atoms with E-state index in [1.165, 1.54) is 11.3 Å². The summed E-state index contributed by atoms with van der Waals surface area (Å²) in [6.07, 6.45) is 2.10. The van der Waals surface area contributed by atoms with Crippen LogP contribution in [0.3, 0.4) is 0 Å². The summed E-state index contributed by atoms with van der Waals surface area (Å²) in [5, 5.41) is 3.15. The summed E-state index contributed by atoms with van der Waals surface area (Å²) in [6.45, 7) is 4.05. The van der Waals surface area contributed by atoms with E-state index in [1.54, 1.807) is 0 Å². The first-order valence-corrected chi connectivity index (χ1v) is 5.64. The van der Waals surface area contributed by atoms with Crippen LogP contribution in [-0.4, -0.2) is 20.1 Å². The predicted molar refractivity (Wildman–Crippen MR) is 68.2 cm³/mol. The number of hydrogen-bond donors (Lipinski definition) is 2. The number of rotatable bonds is 3. The molecule has 0 aliphatic carbocycles. The molecule has 0 radical (unpaired) electrons. The van der Waals surface area contributed by atoms with Gasteiger partial charge in [0.2, 0.25) is 0 Å². The molecule has 0 spiro atoms. The summed E-state index contributed by atoms with van der Waals surface area (Å²) in [4.78, 5) is 2.26. The lowest BCUT2D eigenvalue weighted by Crippen LogP contribution is -2.27. The van der Waals surface area contributed by atoms with Gasteiger partial charge in [-0.05, 0) is 25.1 Å². The van der Waals surface area contributed by atoms with Crippen molar-refractivity contribution in [1.82, 2.24) is 5.32 Å². The van der Waals surface area contributed by atoms with Crippen LogP contribution in [0.25, 0.3) is 0 Å². The van der Waals surface area contributed by atoms with E-state index in [0.29, 0.717) is 5.92 Å². The second-order valence-corrected chi connectivity index (χ2v) is 4.48. The lowest BCUT2D eigenvalue weighted by atomic mass is 10.1. The van der Waals surface area contributed by atoms with Gasteiger partial charge in [0.05, 0.1) is 5.82 Å². The van der Waals surface area contributed by atoms with Crippen molar-refractivity contribution in [2.45, 2.75) is 6.92 Å². The first-order valence-electron chi connectivity index (χ1n) is 5.64. The molecule has 3 N–H and O–H groups in total. The van der Waals surface area contributed by atoms with E-state index in [2.05, 4.69) is 54.5 Å². The molecule has 3 heteroatoms. The van der Waals surface area contributed by atoms with Crippen LogP contribution in [0, 0.1) is 12.8 Å². The van der Waals surface area contributed by atoms with E-state index in [-0.39, 0.29) is 0 Å². The Morgan fingerprint density at radius 3 is 2.62 bits per heavy atom. The molecule has 0 saturated heterocycles. The first kappa shape index (κ1) is 10.9. The van der Waals surface area contributed by atoms with Crippen LogP contribution in [0.4, 0.5) is 5.69 Å². The molecule has 1 atom stereocenters. The standard InChI is InChI=1S/C13H19N3/c1-10-3-5-12(6-4-10)16(2)9-11-7-13(14)15-8-11/h3-7,11,15H,8-9,14H2,1-2H3/t11-/m0/s1. The van der Waals surface area contributed by atoms with Gasteiger partial charge < -0.3 is 16.0 Å². The summed E-state index contributed by atoms with van der Waals surface area (Å²) in [5.74, 6) is 1.31. The smallest absolute Gasteiger partial charge is 0.0923 e. The van der Waals surface area contributed by atoms with Crippen molar-refractivity contribution in [3.05, 3.63) is 41.7 Å². The second-order valence-electron chi connectivity index (χ2n) is 4.48. The van der Waals surface area contributed by atoms with Gasteiger partial charge >= 0.3 is 0 Å². The van der Waals surface area contributed by atoms with Gasteiger partial charge in [-0.1, -0.05) is 17.7 Å². The van der Waals surface area contributed by atoms with E-state index >= 15 is 0 Å². The minimum absolute atomic E-state index is 0.506. The van der Waals surface area contributed by atoms with Crippen LogP contribution in [0.15, 0.2) is 36.2 Å². The molecular weight excluding hydrogens is 198 g/mol. The van der Waals surface area contributed by atoms with E-state index in [1.807, 2.05) is 0 Å². The van der Waals surface area contributed by atoms with Gasteiger partial charge in [0, 0.05) is 31.7 Å². The fourth-order valence-corrected chi connectivity index (χ4v) is 1.99. The average Bonchev–Trinajstić information content (AvgIpc) is 2.65. The van der Waals surface area contributed by atoms with Gasteiger partial charge in [0.1, 0.15) is 0 Å². The maximum atomic E-state index is 5.69. The number of anilines is 1. The minimum Gasteiger partial charge on any atom is -0.386 e. The molecule has 86 valence electrons. The largest absolute Gasteiger partial charge is 0.386 e. The summed E-state index contributed by atoms with van der Waals surface area (Å²) < 4.78 is 0. The highest BCUT2D eigenvalue weighted by Gasteiger charge is 2.15. The topological polar surface area (TPSA) is 41.3 Å². The van der Waals surface area contributed by atoms with Gasteiger partial charge in [0.15, 0.2) is 0 Å². The van der Waals surface area contributed by atoms with Crippen LogP contribution < -0.4 is 16.0 Å². The Bertz CT molecular complexity index is 381. The molecule has 3 nitrogen and oxygen atoms in total. The van der Waals surface area contributed by atoms with Gasteiger partial charge in [-0.25, -0.2) is 0 Å². The number of hydrogen-bond acceptors (Lipinski definition) is 3. The maximum Gasteiger partial charge on any atom is 0.0923 e. The van der Waals surface area contributed by atoms with Gasteiger partial charge in [-0.2, -0.15) is 0 Å². The number of nitrogens with zero attached hydrogens (tertiary/aromatic N) is 1. The lowest BCUT2D eigenvalue weighted by molar-refractivity contribution is 0.640. The molecule has 0 unspecified atom stereocenters. The van der Waals surface area contributed by atoms with E-state index in [0.717, 1.165) is 18.9 Å². The third-order valence-corrected chi connectivity index (χ3v) is 2.97. The first-order chi connectivity index (χ1) is 7.65. The molecule has 1 aliphatic heterocycles. The normalized spacial score (nSPS) is 19.1. The van der Waals surface area contributed by atoms with Crippen LogP contribution in [0.2, 0.25) is 0 Å². The highest BCUT2D eigenvalue weighted by Crippen LogP contribution is 2.16. The van der Waals surface area contributed by atoms with Crippen molar-refractivity contribution < 1.29 is 0 Å². The zero-order valence-corrected chi connectivity index (χ0v) is 9.90. The molecule has 0 fully saturated rings. The van der Waals surface area contributed by atoms with E-state index in [4.69, 9.17) is 5.73 Å². The third-order valence-electron chi connectivity index (χ3n) is 2.97. The zero-order chi connectivity index (χ0) is 11.5. The average molecular weight is 217 g/mol. The van der Waals surface area contributed by atoms with Gasteiger partial charge in [-0.3, -0.25) is 0 Å². The van der Waals surface area contributed by atoms with Crippen LogP contribution in [0.1, 0.15) is 5.56 Å². The summed E-state index contributed by atoms with van der Waals surface area (Å²) in [7, 11) is 2.12. The second kappa shape index (κ2) is 4.47. The van der Waals surface area contributed by atoms with Gasteiger partial charge in [0.25, 0.3) is 0 Å². The SMILES string of the molecule is Cc1ccc(N(C)C[C@H]2C=C(N)NC2)cc1. The van der Waals surface area contributed by atoms with Crippen molar-refractivity contribution in [2.24, 2.45) is 11.7 Å². The summed E-state index contributed by atoms with van der Waals surface area (Å²) in [5.41, 5.74) is 8.24. The number of benzene rings is 1. The van der Waals surface area contributed by atoms with Crippen molar-refractivity contribution in [1.29, 1.82) is 0 Å². The molecule has 16 heavy (non-hydrogen) atoms. The Morgan fingerprint density at radius 1 is 1.38 bits per heavy atom. The number of nitrogens with two attached hydrogens (primary N) is 1. The maximum absolute atomic E-state index is 5.69. The molecule has 0 amide bonds. The predicted octanol–water partition coefficient (Wildman–Crippen LogP) is 1.45. The zero-order valence-electron chi connectivity index (χ0n) is 9.90. The van der Waals surface area contributed by atoms with Crippen molar-refractivity contribution in [3.63, 3.8) is 0 Å². The number of nitrogens with one attached hydrogen (secondary N) is 1. The highest BCUT2D eigenvalue weighted by atomic mass is 15.1. The third kappa shape index (κ3) is 2.48. The molecular formula is C13H19N3. The number of aryl methyl sites for hydroxylation is 1. The Morgan fingerprint density at radius 2 is 2.06 bits per heavy atom. The van der Waals surface area contributed by atoms with Crippen LogP contribution in [-0.2, 0) is 0 Å². The summed E-state index contributed by atoms with van der Waals surface area (Å²) in [6, 6.07) is 8.60. The van der Waals surface area contributed by atoms with E-state index < -0.39 is 0 Å². The molecule has 1 heterocycles. The van der Waals surface area contributed by atoms with Crippen molar-refractivity contribution in [3.8, 4) is 0 Å². The molecule has 0 aromatic heterocycles. The fourth-order valence-electron chi connectivity index (χ4n) is 1.99. The van der Waals surface area contributed by atoms with Crippen molar-refractivity contribution >= 4 is 5.69 Å². The Hall–Kier alpha value is -1.64. The van der Waals surface area contributed by atoms with E-state index in [9.17, 15) is 0 Å². The van der Waals surface area contributed by atoms with Crippen LogP contribution >= 0.6 is 0 Å². The monoisotopic (exact) mass is 217 g/mol. The van der Waals surface area contributed by atoms with Crippen molar-refractivity contribution in [2.75, 3.05) is 25.0 Å². The Balaban J connectivity index is 1.97. The molecule has 1 aliphatic rings. The summed E-state index contributed by atoms with van der Waals surface area (Å²) >= 11 is 0. The quantitative estimate of drug-likeness (QED) is 0.805. The molecule has 2 rings (SSSR count). The van der Waals surface area contributed by atoms with Gasteiger partial charge in [-0.15, -0.1) is 0 Å². The molecule has 1 aromatic carbocycles. The van der Waals surface area contributed by atoms with Crippen LogP contribution in [0.5, 0.6) is 0 Å². The molecule has 0 saturated carbocycles. The fraction of sp³-hybridized carbons (Fsp3) is 0.385. The molecule has 1 aromatic rings. The Labute approximate surface area is 96.9 Å². The minimum atomic E-state index is 0.506.